The summed E-state index contributed by atoms with van der Waals surface area (Å²) in [5.74, 6) is 1.46. The normalized spacial score (nSPS) is 19.2. The molecule has 5 nitrogen and oxygen atoms in total. The number of hydrogen-bond acceptors (Lipinski definition) is 4. The highest BCUT2D eigenvalue weighted by molar-refractivity contribution is 5.99. The zero-order valence-corrected chi connectivity index (χ0v) is 10.9. The SMILES string of the molecule is CNC1CCN(c2cc(OC)cc(OC)c2)C1=O. The molecule has 1 aliphatic rings. The summed E-state index contributed by atoms with van der Waals surface area (Å²) in [5, 5.41) is 3.02. The van der Waals surface area contributed by atoms with Crippen LogP contribution in [0.15, 0.2) is 18.2 Å². The van der Waals surface area contributed by atoms with Crippen LogP contribution in [0.2, 0.25) is 0 Å². The van der Waals surface area contributed by atoms with Crippen LogP contribution in [-0.4, -0.2) is 39.8 Å². The molecule has 1 fully saturated rings. The Bertz CT molecular complexity index is 426. The van der Waals surface area contributed by atoms with Gasteiger partial charge in [-0.1, -0.05) is 0 Å². The van der Waals surface area contributed by atoms with Crippen molar-refractivity contribution in [3.63, 3.8) is 0 Å². The summed E-state index contributed by atoms with van der Waals surface area (Å²) in [7, 11) is 5.00. The lowest BCUT2D eigenvalue weighted by Gasteiger charge is -2.18. The van der Waals surface area contributed by atoms with E-state index in [0.29, 0.717) is 18.0 Å². The number of ether oxygens (including phenoxy) is 2. The molecule has 98 valence electrons. The van der Waals surface area contributed by atoms with Gasteiger partial charge in [-0.2, -0.15) is 0 Å². The maximum absolute atomic E-state index is 12.1. The van der Waals surface area contributed by atoms with Crippen molar-refractivity contribution in [2.24, 2.45) is 0 Å². The van der Waals surface area contributed by atoms with Gasteiger partial charge in [-0.15, -0.1) is 0 Å². The molecule has 5 heteroatoms. The van der Waals surface area contributed by atoms with Gasteiger partial charge in [0.25, 0.3) is 0 Å². The maximum atomic E-state index is 12.1. The van der Waals surface area contributed by atoms with Gasteiger partial charge < -0.3 is 19.7 Å². The van der Waals surface area contributed by atoms with E-state index in [4.69, 9.17) is 9.47 Å². The predicted octanol–water partition coefficient (Wildman–Crippen LogP) is 1.03. The highest BCUT2D eigenvalue weighted by Gasteiger charge is 2.31. The molecule has 1 saturated heterocycles. The van der Waals surface area contributed by atoms with Gasteiger partial charge in [0.1, 0.15) is 11.5 Å². The molecule has 1 aromatic rings. The topological polar surface area (TPSA) is 50.8 Å². The van der Waals surface area contributed by atoms with Crippen molar-refractivity contribution in [2.45, 2.75) is 12.5 Å². The van der Waals surface area contributed by atoms with Crippen molar-refractivity contribution in [1.82, 2.24) is 5.32 Å². The second-order valence-electron chi connectivity index (χ2n) is 4.19. The summed E-state index contributed by atoms with van der Waals surface area (Å²) < 4.78 is 10.4. The van der Waals surface area contributed by atoms with Gasteiger partial charge in [-0.3, -0.25) is 4.79 Å². The molecule has 0 spiro atoms. The molecule has 1 atom stereocenters. The van der Waals surface area contributed by atoms with Crippen LogP contribution in [0.5, 0.6) is 11.5 Å². The highest BCUT2D eigenvalue weighted by atomic mass is 16.5. The summed E-state index contributed by atoms with van der Waals surface area (Å²) in [6, 6.07) is 5.39. The van der Waals surface area contributed by atoms with Gasteiger partial charge >= 0.3 is 0 Å². The summed E-state index contributed by atoms with van der Waals surface area (Å²) >= 11 is 0. The zero-order valence-electron chi connectivity index (χ0n) is 10.9. The van der Waals surface area contributed by atoms with Gasteiger partial charge in [-0.05, 0) is 13.5 Å². The van der Waals surface area contributed by atoms with Crippen LogP contribution in [0.25, 0.3) is 0 Å². The third-order valence-corrected chi connectivity index (χ3v) is 3.20. The molecule has 1 heterocycles. The smallest absolute Gasteiger partial charge is 0.244 e. The number of methoxy groups -OCH3 is 2. The molecule has 1 unspecified atom stereocenters. The molecule has 0 aromatic heterocycles. The van der Waals surface area contributed by atoms with Crippen LogP contribution in [0, 0.1) is 0 Å². The number of nitrogens with zero attached hydrogens (tertiary/aromatic N) is 1. The van der Waals surface area contributed by atoms with E-state index in [1.165, 1.54) is 0 Å². The fourth-order valence-electron chi connectivity index (χ4n) is 2.15. The number of nitrogens with one attached hydrogen (secondary N) is 1. The molecule has 0 radical (unpaired) electrons. The lowest BCUT2D eigenvalue weighted by Crippen LogP contribution is -2.36. The first-order valence-electron chi connectivity index (χ1n) is 5.91. The molecule has 1 aromatic carbocycles. The third-order valence-electron chi connectivity index (χ3n) is 3.20. The quantitative estimate of drug-likeness (QED) is 0.867. The Morgan fingerprint density at radius 1 is 1.22 bits per heavy atom. The van der Waals surface area contributed by atoms with Crippen molar-refractivity contribution < 1.29 is 14.3 Å². The summed E-state index contributed by atoms with van der Waals surface area (Å²) in [4.78, 5) is 13.9. The van der Waals surface area contributed by atoms with Crippen LogP contribution in [0.4, 0.5) is 5.69 Å². The monoisotopic (exact) mass is 250 g/mol. The van der Waals surface area contributed by atoms with Crippen molar-refractivity contribution in [3.05, 3.63) is 18.2 Å². The van der Waals surface area contributed by atoms with Crippen LogP contribution in [-0.2, 0) is 4.79 Å². The van der Waals surface area contributed by atoms with Gasteiger partial charge in [0.2, 0.25) is 5.91 Å². The minimum atomic E-state index is -0.0952. The van der Waals surface area contributed by atoms with E-state index in [-0.39, 0.29) is 11.9 Å². The van der Waals surface area contributed by atoms with E-state index in [0.717, 1.165) is 12.1 Å². The number of carbonyl (C=O) groups excluding carboxylic acids is 1. The lowest BCUT2D eigenvalue weighted by molar-refractivity contribution is -0.118. The first-order chi connectivity index (χ1) is 8.69. The fraction of sp³-hybridized carbons (Fsp3) is 0.462. The zero-order chi connectivity index (χ0) is 13.1. The maximum Gasteiger partial charge on any atom is 0.244 e. The summed E-state index contributed by atoms with van der Waals surface area (Å²) in [6.07, 6.45) is 0.814. The lowest BCUT2D eigenvalue weighted by atomic mass is 10.2. The molecule has 1 amide bonds. The van der Waals surface area contributed by atoms with E-state index >= 15 is 0 Å². The van der Waals surface area contributed by atoms with E-state index < -0.39 is 0 Å². The second-order valence-corrected chi connectivity index (χ2v) is 4.19. The molecular weight excluding hydrogens is 232 g/mol. The van der Waals surface area contributed by atoms with E-state index in [9.17, 15) is 4.79 Å². The standard InChI is InChI=1S/C13H18N2O3/c1-14-12-4-5-15(13(12)16)9-6-10(17-2)8-11(7-9)18-3/h6-8,12,14H,4-5H2,1-3H3. The van der Waals surface area contributed by atoms with Crippen LogP contribution in [0.3, 0.4) is 0 Å². The van der Waals surface area contributed by atoms with Crippen molar-refractivity contribution in [1.29, 1.82) is 0 Å². The molecule has 18 heavy (non-hydrogen) atoms. The van der Waals surface area contributed by atoms with Crippen molar-refractivity contribution >= 4 is 11.6 Å². The molecule has 2 rings (SSSR count). The Labute approximate surface area is 107 Å². The largest absolute Gasteiger partial charge is 0.497 e. The Balaban J connectivity index is 2.30. The van der Waals surface area contributed by atoms with Gasteiger partial charge in [-0.25, -0.2) is 0 Å². The number of benzene rings is 1. The fourth-order valence-corrected chi connectivity index (χ4v) is 2.15. The average Bonchev–Trinajstić information content (AvgIpc) is 2.79. The number of carbonyl (C=O) groups is 1. The van der Waals surface area contributed by atoms with E-state index in [2.05, 4.69) is 5.32 Å². The number of anilines is 1. The first kappa shape index (κ1) is 12.7. The molecule has 1 aliphatic heterocycles. The Morgan fingerprint density at radius 3 is 2.28 bits per heavy atom. The minimum absolute atomic E-state index is 0.0906. The first-order valence-corrected chi connectivity index (χ1v) is 5.91. The molecule has 0 saturated carbocycles. The number of hydrogen-bond donors (Lipinski definition) is 1. The summed E-state index contributed by atoms with van der Waals surface area (Å²) in [5.41, 5.74) is 0.814. The van der Waals surface area contributed by atoms with Crippen LogP contribution < -0.4 is 19.7 Å². The number of likely N-dealkylation sites (N-methyl/N-ethyl adjacent to an activating group) is 1. The number of amides is 1. The summed E-state index contributed by atoms with van der Waals surface area (Å²) in [6.45, 7) is 0.709. The molecule has 0 aliphatic carbocycles. The second kappa shape index (κ2) is 5.27. The number of rotatable bonds is 4. The van der Waals surface area contributed by atoms with Crippen molar-refractivity contribution in [2.75, 3.05) is 32.7 Å². The van der Waals surface area contributed by atoms with Crippen LogP contribution in [0.1, 0.15) is 6.42 Å². The Hall–Kier alpha value is -1.75. The molecule has 0 bridgehead atoms. The molecular formula is C13H18N2O3. The van der Waals surface area contributed by atoms with Gasteiger partial charge in [0, 0.05) is 24.7 Å². The van der Waals surface area contributed by atoms with E-state index in [1.807, 2.05) is 12.1 Å². The predicted molar refractivity (Wildman–Crippen MR) is 69.4 cm³/mol. The third kappa shape index (κ3) is 2.26. The van der Waals surface area contributed by atoms with Crippen LogP contribution >= 0.6 is 0 Å². The van der Waals surface area contributed by atoms with Gasteiger partial charge in [0.15, 0.2) is 0 Å². The Morgan fingerprint density at radius 2 is 1.83 bits per heavy atom. The molecule has 1 N–H and O–H groups in total. The Kier molecular flexibility index (Phi) is 3.72. The highest BCUT2D eigenvalue weighted by Crippen LogP contribution is 2.30. The van der Waals surface area contributed by atoms with E-state index in [1.54, 1.807) is 32.2 Å². The average molecular weight is 250 g/mol. The van der Waals surface area contributed by atoms with Crippen molar-refractivity contribution in [3.8, 4) is 11.5 Å². The minimum Gasteiger partial charge on any atom is -0.497 e. The van der Waals surface area contributed by atoms with Gasteiger partial charge in [0.05, 0.1) is 25.9 Å².